The number of hydrogen-bond acceptors (Lipinski definition) is 2. The molecule has 1 atom stereocenters. The molecule has 0 bridgehead atoms. The SMILES string of the molecule is ON(c1ccccc1)C(Cc1ccccc1)c1ccccc1. The lowest BCUT2D eigenvalue weighted by Crippen LogP contribution is -2.26. The first-order chi connectivity index (χ1) is 10.8. The van der Waals surface area contributed by atoms with Crippen molar-refractivity contribution in [2.24, 2.45) is 0 Å². The molecule has 0 aliphatic carbocycles. The van der Waals surface area contributed by atoms with E-state index in [1.54, 1.807) is 0 Å². The lowest BCUT2D eigenvalue weighted by Gasteiger charge is -2.28. The summed E-state index contributed by atoms with van der Waals surface area (Å²) in [6.45, 7) is 0. The van der Waals surface area contributed by atoms with Crippen LogP contribution in [-0.4, -0.2) is 5.21 Å². The maximum atomic E-state index is 10.7. The average molecular weight is 289 g/mol. The van der Waals surface area contributed by atoms with Crippen LogP contribution in [0.25, 0.3) is 0 Å². The molecule has 2 heteroatoms. The molecule has 0 heterocycles. The number of hydroxylamine groups is 1. The van der Waals surface area contributed by atoms with Crippen LogP contribution in [0.5, 0.6) is 0 Å². The van der Waals surface area contributed by atoms with E-state index in [2.05, 4.69) is 24.3 Å². The Labute approximate surface area is 131 Å². The average Bonchev–Trinajstić information content (AvgIpc) is 2.61. The van der Waals surface area contributed by atoms with Crippen LogP contribution in [0.3, 0.4) is 0 Å². The molecule has 3 rings (SSSR count). The Morgan fingerprint density at radius 3 is 1.77 bits per heavy atom. The van der Waals surface area contributed by atoms with E-state index in [9.17, 15) is 5.21 Å². The van der Waals surface area contributed by atoms with E-state index in [1.165, 1.54) is 10.6 Å². The monoisotopic (exact) mass is 289 g/mol. The Bertz CT molecular complexity index is 683. The van der Waals surface area contributed by atoms with Crippen LogP contribution in [0.15, 0.2) is 91.0 Å². The third-order valence-corrected chi connectivity index (χ3v) is 3.77. The van der Waals surface area contributed by atoms with Crippen LogP contribution < -0.4 is 5.06 Å². The predicted molar refractivity (Wildman–Crippen MR) is 90.0 cm³/mol. The van der Waals surface area contributed by atoms with Gasteiger partial charge in [0.1, 0.15) is 0 Å². The molecular weight excluding hydrogens is 270 g/mol. The number of nitrogens with zero attached hydrogens (tertiary/aromatic N) is 1. The van der Waals surface area contributed by atoms with Crippen molar-refractivity contribution >= 4 is 5.69 Å². The zero-order valence-electron chi connectivity index (χ0n) is 12.3. The van der Waals surface area contributed by atoms with E-state index in [1.807, 2.05) is 66.7 Å². The maximum Gasteiger partial charge on any atom is 0.0853 e. The van der Waals surface area contributed by atoms with Gasteiger partial charge in [-0.15, -0.1) is 0 Å². The molecule has 3 aromatic carbocycles. The molecule has 0 spiro atoms. The summed E-state index contributed by atoms with van der Waals surface area (Å²) in [5.41, 5.74) is 3.09. The summed E-state index contributed by atoms with van der Waals surface area (Å²) in [6.07, 6.45) is 0.746. The number of hydrogen-bond donors (Lipinski definition) is 1. The molecule has 0 amide bonds. The van der Waals surface area contributed by atoms with E-state index >= 15 is 0 Å². The Kier molecular flexibility index (Phi) is 4.52. The van der Waals surface area contributed by atoms with E-state index in [0.717, 1.165) is 17.7 Å². The fourth-order valence-electron chi connectivity index (χ4n) is 2.62. The highest BCUT2D eigenvalue weighted by atomic mass is 16.5. The van der Waals surface area contributed by atoms with Gasteiger partial charge >= 0.3 is 0 Å². The second-order valence-corrected chi connectivity index (χ2v) is 5.30. The normalized spacial score (nSPS) is 11.9. The van der Waals surface area contributed by atoms with E-state index in [4.69, 9.17) is 0 Å². The van der Waals surface area contributed by atoms with Gasteiger partial charge in [0.15, 0.2) is 0 Å². The van der Waals surface area contributed by atoms with Gasteiger partial charge in [0.2, 0.25) is 0 Å². The van der Waals surface area contributed by atoms with Crippen molar-refractivity contribution in [2.45, 2.75) is 12.5 Å². The standard InChI is InChI=1S/C20H19NO/c22-21(19-14-8-3-9-15-19)20(18-12-6-2-7-13-18)16-17-10-4-1-5-11-17/h1-15,20,22H,16H2. The smallest absolute Gasteiger partial charge is 0.0853 e. The van der Waals surface area contributed by atoms with Crippen molar-refractivity contribution in [1.29, 1.82) is 0 Å². The number of rotatable bonds is 5. The van der Waals surface area contributed by atoms with Crippen molar-refractivity contribution in [1.82, 2.24) is 0 Å². The molecule has 22 heavy (non-hydrogen) atoms. The van der Waals surface area contributed by atoms with Gasteiger partial charge in [0.05, 0.1) is 11.7 Å². The van der Waals surface area contributed by atoms with Crippen LogP contribution >= 0.6 is 0 Å². The molecule has 0 saturated carbocycles. The molecule has 0 radical (unpaired) electrons. The summed E-state index contributed by atoms with van der Waals surface area (Å²) in [6, 6.07) is 29.9. The maximum absolute atomic E-state index is 10.7. The highest BCUT2D eigenvalue weighted by molar-refractivity contribution is 5.46. The number of para-hydroxylation sites is 1. The molecule has 0 aromatic heterocycles. The molecule has 0 fully saturated rings. The van der Waals surface area contributed by atoms with Gasteiger partial charge in [-0.2, -0.15) is 0 Å². The minimum atomic E-state index is -0.119. The summed E-state index contributed by atoms with van der Waals surface area (Å²) >= 11 is 0. The summed E-state index contributed by atoms with van der Waals surface area (Å²) in [5, 5.41) is 12.1. The third kappa shape index (κ3) is 3.35. The molecule has 2 nitrogen and oxygen atoms in total. The van der Waals surface area contributed by atoms with Gasteiger partial charge in [-0.1, -0.05) is 78.9 Å². The molecule has 1 N–H and O–H groups in total. The fraction of sp³-hybridized carbons (Fsp3) is 0.100. The second-order valence-electron chi connectivity index (χ2n) is 5.30. The Morgan fingerprint density at radius 2 is 1.18 bits per heavy atom. The minimum Gasteiger partial charge on any atom is -0.288 e. The summed E-state index contributed by atoms with van der Waals surface area (Å²) in [4.78, 5) is 0. The van der Waals surface area contributed by atoms with Crippen LogP contribution in [-0.2, 0) is 6.42 Å². The van der Waals surface area contributed by atoms with Crippen LogP contribution in [0, 0.1) is 0 Å². The van der Waals surface area contributed by atoms with Gasteiger partial charge < -0.3 is 0 Å². The topological polar surface area (TPSA) is 23.5 Å². The Morgan fingerprint density at radius 1 is 0.682 bits per heavy atom. The molecule has 0 saturated heterocycles. The molecule has 1 unspecified atom stereocenters. The van der Waals surface area contributed by atoms with Gasteiger partial charge in [-0.05, 0) is 29.7 Å². The molecule has 0 aliphatic rings. The summed E-state index contributed by atoms with van der Waals surface area (Å²) in [7, 11) is 0. The van der Waals surface area contributed by atoms with E-state index < -0.39 is 0 Å². The second kappa shape index (κ2) is 6.92. The Balaban J connectivity index is 1.93. The van der Waals surface area contributed by atoms with Gasteiger partial charge in [0.25, 0.3) is 0 Å². The zero-order chi connectivity index (χ0) is 15.2. The molecular formula is C20H19NO. The predicted octanol–water partition coefficient (Wildman–Crippen LogP) is 4.87. The number of anilines is 1. The minimum absolute atomic E-state index is 0.119. The third-order valence-electron chi connectivity index (χ3n) is 3.77. The zero-order valence-corrected chi connectivity index (χ0v) is 12.3. The summed E-state index contributed by atoms with van der Waals surface area (Å²) < 4.78 is 0. The Hall–Kier alpha value is -2.58. The van der Waals surface area contributed by atoms with Crippen molar-refractivity contribution in [3.63, 3.8) is 0 Å². The highest BCUT2D eigenvalue weighted by Crippen LogP contribution is 2.28. The van der Waals surface area contributed by atoms with Crippen molar-refractivity contribution in [3.05, 3.63) is 102 Å². The molecule has 110 valence electrons. The van der Waals surface area contributed by atoms with Gasteiger partial charge in [-0.25, -0.2) is 5.06 Å². The first kappa shape index (κ1) is 14.4. The van der Waals surface area contributed by atoms with Gasteiger partial charge in [0, 0.05) is 0 Å². The van der Waals surface area contributed by atoms with Crippen molar-refractivity contribution in [3.8, 4) is 0 Å². The van der Waals surface area contributed by atoms with Crippen LogP contribution in [0.1, 0.15) is 17.2 Å². The highest BCUT2D eigenvalue weighted by Gasteiger charge is 2.19. The van der Waals surface area contributed by atoms with Crippen LogP contribution in [0.4, 0.5) is 5.69 Å². The van der Waals surface area contributed by atoms with E-state index in [-0.39, 0.29) is 6.04 Å². The van der Waals surface area contributed by atoms with Crippen molar-refractivity contribution < 1.29 is 5.21 Å². The first-order valence-corrected chi connectivity index (χ1v) is 7.46. The lowest BCUT2D eigenvalue weighted by molar-refractivity contribution is 0.215. The molecule has 0 aliphatic heterocycles. The molecule has 3 aromatic rings. The first-order valence-electron chi connectivity index (χ1n) is 7.46. The van der Waals surface area contributed by atoms with E-state index in [0.29, 0.717) is 0 Å². The van der Waals surface area contributed by atoms with Crippen molar-refractivity contribution in [2.75, 3.05) is 5.06 Å². The largest absolute Gasteiger partial charge is 0.288 e. The lowest BCUT2D eigenvalue weighted by atomic mass is 9.98. The summed E-state index contributed by atoms with van der Waals surface area (Å²) in [5.74, 6) is 0. The fourth-order valence-corrected chi connectivity index (χ4v) is 2.62. The van der Waals surface area contributed by atoms with Crippen LogP contribution in [0.2, 0.25) is 0 Å². The number of benzene rings is 3. The van der Waals surface area contributed by atoms with Gasteiger partial charge in [-0.3, -0.25) is 5.21 Å². The quantitative estimate of drug-likeness (QED) is 0.678.